The van der Waals surface area contributed by atoms with Crippen LogP contribution < -0.4 is 5.32 Å². The second-order valence-corrected chi connectivity index (χ2v) is 7.49. The highest BCUT2D eigenvalue weighted by Gasteiger charge is 2.43. The van der Waals surface area contributed by atoms with E-state index in [1.165, 1.54) is 8.61 Å². The molecule has 2 rings (SSSR count). The maximum atomic E-state index is 12.8. The van der Waals surface area contributed by atoms with Gasteiger partial charge >= 0.3 is 5.97 Å². The van der Waals surface area contributed by atoms with Crippen LogP contribution in [0.1, 0.15) is 32.6 Å². The van der Waals surface area contributed by atoms with Gasteiger partial charge in [-0.1, -0.05) is 0 Å². The van der Waals surface area contributed by atoms with Crippen molar-refractivity contribution in [3.8, 4) is 0 Å². The van der Waals surface area contributed by atoms with E-state index in [1.807, 2.05) is 0 Å². The molecule has 2 aliphatic heterocycles. The Morgan fingerprint density at radius 1 is 1.38 bits per heavy atom. The third-order valence-corrected chi connectivity index (χ3v) is 6.26. The maximum Gasteiger partial charge on any atom is 0.324 e. The molecule has 2 fully saturated rings. The smallest absolute Gasteiger partial charge is 0.324 e. The van der Waals surface area contributed by atoms with E-state index < -0.39 is 22.2 Å². The number of esters is 1. The van der Waals surface area contributed by atoms with E-state index in [2.05, 4.69) is 5.32 Å². The lowest BCUT2D eigenvalue weighted by molar-refractivity contribution is -0.146. The normalized spacial score (nSPS) is 28.0. The fraction of sp³-hybridized carbons (Fsp3) is 0.923. The van der Waals surface area contributed by atoms with Crippen molar-refractivity contribution in [1.29, 1.82) is 0 Å². The average molecular weight is 319 g/mol. The highest BCUT2D eigenvalue weighted by molar-refractivity contribution is 7.86. The van der Waals surface area contributed by atoms with Crippen LogP contribution in [0, 0.1) is 0 Å². The predicted octanol–water partition coefficient (Wildman–Crippen LogP) is -0.0575. The van der Waals surface area contributed by atoms with Crippen molar-refractivity contribution >= 4 is 16.2 Å². The summed E-state index contributed by atoms with van der Waals surface area (Å²) in [5.41, 5.74) is 0. The minimum atomic E-state index is -3.63. The molecule has 2 heterocycles. The lowest BCUT2D eigenvalue weighted by Gasteiger charge is -2.34. The number of carbonyl (C=O) groups excluding carboxylic acids is 1. The molecule has 0 aliphatic carbocycles. The number of hydrogen-bond acceptors (Lipinski definition) is 5. The first-order chi connectivity index (χ1) is 9.98. The van der Waals surface area contributed by atoms with Gasteiger partial charge in [-0.25, -0.2) is 0 Å². The van der Waals surface area contributed by atoms with E-state index in [0.29, 0.717) is 25.9 Å². The molecule has 0 saturated carbocycles. The van der Waals surface area contributed by atoms with Crippen LogP contribution in [-0.2, 0) is 19.7 Å². The van der Waals surface area contributed by atoms with Crippen LogP contribution >= 0.6 is 0 Å². The topological polar surface area (TPSA) is 79.0 Å². The van der Waals surface area contributed by atoms with Gasteiger partial charge in [-0.3, -0.25) is 4.79 Å². The van der Waals surface area contributed by atoms with Crippen LogP contribution in [-0.4, -0.2) is 68.4 Å². The maximum absolute atomic E-state index is 12.8. The van der Waals surface area contributed by atoms with Gasteiger partial charge in [0, 0.05) is 26.2 Å². The number of carbonyl (C=O) groups is 1. The van der Waals surface area contributed by atoms with Crippen LogP contribution in [0.3, 0.4) is 0 Å². The third kappa shape index (κ3) is 3.56. The summed E-state index contributed by atoms with van der Waals surface area (Å²) in [6.07, 6.45) is 3.04. The summed E-state index contributed by atoms with van der Waals surface area (Å²) < 4.78 is 33.3. The van der Waals surface area contributed by atoms with Crippen LogP contribution in [0.25, 0.3) is 0 Å². The number of piperidine rings is 1. The molecule has 2 atom stereocenters. The molecule has 0 aromatic rings. The molecular weight excluding hydrogens is 294 g/mol. The van der Waals surface area contributed by atoms with Gasteiger partial charge in [-0.15, -0.1) is 0 Å². The molecule has 0 bridgehead atoms. The van der Waals surface area contributed by atoms with Crippen molar-refractivity contribution in [2.75, 3.05) is 33.3 Å². The van der Waals surface area contributed by atoms with Gasteiger partial charge in [-0.2, -0.15) is 17.0 Å². The molecule has 0 spiro atoms. The van der Waals surface area contributed by atoms with Gasteiger partial charge in [0.1, 0.15) is 6.04 Å². The summed E-state index contributed by atoms with van der Waals surface area (Å²) >= 11 is 0. The van der Waals surface area contributed by atoms with Gasteiger partial charge in [0.2, 0.25) is 0 Å². The van der Waals surface area contributed by atoms with E-state index in [-0.39, 0.29) is 12.6 Å². The summed E-state index contributed by atoms with van der Waals surface area (Å²) in [6, 6.07) is -0.721. The molecular formula is C13H25N3O4S. The molecule has 0 aromatic heterocycles. The highest BCUT2D eigenvalue weighted by Crippen LogP contribution is 2.25. The number of rotatable bonds is 5. The number of hydrogen-bond donors (Lipinski definition) is 1. The Morgan fingerprint density at radius 2 is 2.14 bits per heavy atom. The Balaban J connectivity index is 2.11. The third-order valence-electron chi connectivity index (χ3n) is 4.21. The molecule has 8 heteroatoms. The molecule has 0 radical (unpaired) electrons. The molecule has 0 aromatic carbocycles. The van der Waals surface area contributed by atoms with Gasteiger partial charge < -0.3 is 10.1 Å². The number of ether oxygens (including phenoxy) is 1. The molecule has 1 N–H and O–H groups in total. The Kier molecular flexibility index (Phi) is 5.59. The Morgan fingerprint density at radius 3 is 2.76 bits per heavy atom. The fourth-order valence-electron chi connectivity index (χ4n) is 2.99. The zero-order chi connectivity index (χ0) is 15.5. The first kappa shape index (κ1) is 16.7. The Labute approximate surface area is 126 Å². The standard InChI is InChI=1S/C13H25N3O4S/c1-3-20-13(17)12-7-5-9-16(12)21(18,19)15(2)11-6-4-8-14-10-11/h11-12,14H,3-10H2,1-2H3. The minimum Gasteiger partial charge on any atom is -0.465 e. The van der Waals surface area contributed by atoms with Gasteiger partial charge in [-0.05, 0) is 39.2 Å². The predicted molar refractivity (Wildman–Crippen MR) is 78.9 cm³/mol. The van der Waals surface area contributed by atoms with E-state index in [4.69, 9.17) is 4.74 Å². The van der Waals surface area contributed by atoms with E-state index in [9.17, 15) is 13.2 Å². The van der Waals surface area contributed by atoms with E-state index in [0.717, 1.165) is 19.4 Å². The molecule has 2 aliphatic rings. The fourth-order valence-corrected chi connectivity index (χ4v) is 4.75. The zero-order valence-electron chi connectivity index (χ0n) is 12.7. The van der Waals surface area contributed by atoms with Crippen LogP contribution in [0.2, 0.25) is 0 Å². The summed E-state index contributed by atoms with van der Waals surface area (Å²) in [6.45, 7) is 3.97. The second-order valence-electron chi connectivity index (χ2n) is 5.54. The molecule has 0 amide bonds. The van der Waals surface area contributed by atoms with Gasteiger partial charge in [0.05, 0.1) is 6.61 Å². The summed E-state index contributed by atoms with van der Waals surface area (Å²) in [5.74, 6) is -0.436. The lowest BCUT2D eigenvalue weighted by atomic mass is 10.1. The van der Waals surface area contributed by atoms with Crippen molar-refractivity contribution in [2.24, 2.45) is 0 Å². The quantitative estimate of drug-likeness (QED) is 0.718. The van der Waals surface area contributed by atoms with Crippen molar-refractivity contribution in [3.63, 3.8) is 0 Å². The van der Waals surface area contributed by atoms with Crippen LogP contribution in [0.5, 0.6) is 0 Å². The van der Waals surface area contributed by atoms with Crippen LogP contribution in [0.4, 0.5) is 0 Å². The number of nitrogens with zero attached hydrogens (tertiary/aromatic N) is 2. The van der Waals surface area contributed by atoms with Crippen molar-refractivity contribution in [3.05, 3.63) is 0 Å². The molecule has 7 nitrogen and oxygen atoms in total. The largest absolute Gasteiger partial charge is 0.465 e. The zero-order valence-corrected chi connectivity index (χ0v) is 13.6. The summed E-state index contributed by atoms with van der Waals surface area (Å²) in [4.78, 5) is 11.9. The SMILES string of the molecule is CCOC(=O)C1CCCN1S(=O)(=O)N(C)C1CCCNC1. The summed E-state index contributed by atoms with van der Waals surface area (Å²) in [7, 11) is -2.02. The summed E-state index contributed by atoms with van der Waals surface area (Å²) in [5, 5.41) is 3.22. The van der Waals surface area contributed by atoms with Gasteiger partial charge in [0.15, 0.2) is 0 Å². The monoisotopic (exact) mass is 319 g/mol. The lowest BCUT2D eigenvalue weighted by Crippen LogP contribution is -2.53. The van der Waals surface area contributed by atoms with Gasteiger partial charge in [0.25, 0.3) is 10.2 Å². The van der Waals surface area contributed by atoms with Crippen molar-refractivity contribution in [2.45, 2.75) is 44.7 Å². The molecule has 2 unspecified atom stereocenters. The Bertz CT molecular complexity index is 462. The van der Waals surface area contributed by atoms with Crippen molar-refractivity contribution < 1.29 is 17.9 Å². The van der Waals surface area contributed by atoms with E-state index >= 15 is 0 Å². The highest BCUT2D eigenvalue weighted by atomic mass is 32.2. The average Bonchev–Trinajstić information content (AvgIpc) is 2.98. The molecule has 122 valence electrons. The van der Waals surface area contributed by atoms with Crippen molar-refractivity contribution in [1.82, 2.24) is 13.9 Å². The Hall–Kier alpha value is -0.700. The second kappa shape index (κ2) is 7.04. The minimum absolute atomic E-state index is 0.0489. The van der Waals surface area contributed by atoms with E-state index in [1.54, 1.807) is 14.0 Å². The first-order valence-electron chi connectivity index (χ1n) is 7.60. The first-order valence-corrected chi connectivity index (χ1v) is 9.00. The number of nitrogens with one attached hydrogen (secondary N) is 1. The molecule has 2 saturated heterocycles. The number of likely N-dealkylation sites (N-methyl/N-ethyl adjacent to an activating group) is 1. The van der Waals surface area contributed by atoms with Crippen LogP contribution in [0.15, 0.2) is 0 Å². The molecule has 21 heavy (non-hydrogen) atoms.